The van der Waals surface area contributed by atoms with Crippen LogP contribution in [0.2, 0.25) is 0 Å². The summed E-state index contributed by atoms with van der Waals surface area (Å²) in [5.74, 6) is 0. The molecule has 0 bridgehead atoms. The fourth-order valence-corrected chi connectivity index (χ4v) is 0. The van der Waals surface area contributed by atoms with Gasteiger partial charge in [0.1, 0.15) is 0 Å². The Balaban J connectivity index is 3.35. The molecule has 0 N–H and O–H groups in total. The van der Waals surface area contributed by atoms with Crippen LogP contribution in [0.5, 0.6) is 0 Å². The average molecular weight is 54.1 g/mol. The molecule has 0 aliphatic carbocycles. The summed E-state index contributed by atoms with van der Waals surface area (Å²) in [4.78, 5) is 0. The van der Waals surface area contributed by atoms with E-state index in [1.54, 1.807) is 0 Å². The average Bonchev–Trinajstić information content (AvgIpc) is 1.38. The first-order chi connectivity index (χ1) is 2.27. The highest BCUT2D eigenvalue weighted by Crippen LogP contribution is 1.41. The van der Waals surface area contributed by atoms with Gasteiger partial charge in [0.05, 0.1) is 7.44 Å². The van der Waals surface area contributed by atoms with Gasteiger partial charge in [0.15, 0.2) is 0 Å². The van der Waals surface area contributed by atoms with Crippen LogP contribution >= 0.6 is 0 Å². The van der Waals surface area contributed by atoms with Gasteiger partial charge in [-0.3, -0.25) is 0 Å². The van der Waals surface area contributed by atoms with Crippen molar-refractivity contribution in [2.45, 2.75) is 0 Å². The van der Waals surface area contributed by atoms with Crippen LogP contribution in [-0.2, 0) is 0 Å². The zero-order valence-corrected chi connectivity index (χ0v) is 2.15. The number of hydrogen-bond acceptors (Lipinski definition) is 1. The van der Waals surface area contributed by atoms with Gasteiger partial charge in [0.25, 0.3) is 0 Å². The van der Waals surface area contributed by atoms with Crippen LogP contribution in [0.15, 0.2) is 12.6 Å². The van der Waals surface area contributed by atoms with Gasteiger partial charge in [-0.25, -0.2) is 0 Å². The third-order valence-corrected chi connectivity index (χ3v) is 0.0791. The first kappa shape index (κ1) is 1.54. The lowest BCUT2D eigenvalue weighted by atomic mass is 10.8. The molecule has 0 heterocycles. The summed E-state index contributed by atoms with van der Waals surface area (Å²) >= 11 is 0. The van der Waals surface area contributed by atoms with E-state index in [9.17, 15) is 0 Å². The fourth-order valence-electron chi connectivity index (χ4n) is 0. The maximum absolute atomic E-state index is 7.61. The van der Waals surface area contributed by atoms with Crippen molar-refractivity contribution in [2.24, 2.45) is 0 Å². The lowest BCUT2D eigenvalue weighted by Crippen LogP contribution is -1.23. The summed E-state index contributed by atoms with van der Waals surface area (Å²) in [7, 11) is 0. The molecule has 0 aliphatic heterocycles. The van der Waals surface area contributed by atoms with E-state index in [-0.39, 0.29) is 6.05 Å². The molecule has 0 saturated carbocycles. The van der Waals surface area contributed by atoms with Crippen LogP contribution in [0.25, 0.3) is 0 Å². The van der Waals surface area contributed by atoms with E-state index >= 15 is 0 Å². The first-order valence-corrected chi connectivity index (χ1v) is 0.827. The maximum atomic E-state index is 7.61. The zero-order chi connectivity index (χ0) is 4.28. The van der Waals surface area contributed by atoms with Crippen molar-refractivity contribution in [3.63, 3.8) is 0 Å². The standard InChI is InChI=1S/C3H3N/c1-2-3-4/h2H,1H2/i2D. The largest absolute Gasteiger partial charge is 0.193 e. The van der Waals surface area contributed by atoms with Crippen LogP contribution in [0.1, 0.15) is 1.37 Å². The van der Waals surface area contributed by atoms with Gasteiger partial charge >= 0.3 is 0 Å². The van der Waals surface area contributed by atoms with Gasteiger partial charge in [-0.05, 0) is 0 Å². The van der Waals surface area contributed by atoms with Crippen molar-refractivity contribution >= 4 is 0 Å². The second kappa shape index (κ2) is 2.23. The molecule has 4 heavy (non-hydrogen) atoms. The smallest absolute Gasteiger partial charge is 0.0905 e. The quantitative estimate of drug-likeness (QED) is 0.373. The van der Waals surface area contributed by atoms with Crippen LogP contribution in [-0.4, -0.2) is 0 Å². The Kier molecular flexibility index (Phi) is 0.858. The fraction of sp³-hybridized carbons (Fsp3) is 0. The molecule has 1 heteroatoms. The van der Waals surface area contributed by atoms with E-state index in [0.717, 1.165) is 0 Å². The SMILES string of the molecule is [2H]C(=C)C#N. The number of allylic oxidation sites excluding steroid dienone is 1. The van der Waals surface area contributed by atoms with Gasteiger partial charge in [0, 0.05) is 6.05 Å². The minimum atomic E-state index is -0.190. The van der Waals surface area contributed by atoms with Crippen molar-refractivity contribution < 1.29 is 1.37 Å². The highest BCUT2D eigenvalue weighted by molar-refractivity contribution is 4.93. The molecule has 0 aromatic rings. The van der Waals surface area contributed by atoms with E-state index < -0.39 is 0 Å². The molecule has 0 atom stereocenters. The Hall–Kier alpha value is -0.770. The van der Waals surface area contributed by atoms with E-state index in [4.69, 9.17) is 6.63 Å². The molecule has 0 amide bonds. The predicted molar refractivity (Wildman–Crippen MR) is 15.8 cm³/mol. The molecule has 0 fully saturated rings. The van der Waals surface area contributed by atoms with Crippen molar-refractivity contribution in [1.29, 1.82) is 5.26 Å². The minimum Gasteiger partial charge on any atom is -0.193 e. The Morgan fingerprint density at radius 2 is 2.75 bits per heavy atom. The van der Waals surface area contributed by atoms with E-state index in [2.05, 4.69) is 6.58 Å². The summed E-state index contributed by atoms with van der Waals surface area (Å²) in [6.07, 6.45) is 0. The molecule has 0 aromatic heterocycles. The van der Waals surface area contributed by atoms with Crippen LogP contribution in [0.3, 0.4) is 0 Å². The molecule has 1 nitrogen and oxygen atoms in total. The summed E-state index contributed by atoms with van der Waals surface area (Å²) in [6, 6.07) is 1.31. The third-order valence-electron chi connectivity index (χ3n) is 0.0791. The lowest BCUT2D eigenvalue weighted by molar-refractivity contribution is 1.54. The molecule has 0 rings (SSSR count). The second-order valence-corrected chi connectivity index (χ2v) is 0.289. The Labute approximate surface area is 26.6 Å². The number of nitriles is 1. The highest BCUT2D eigenvalue weighted by Gasteiger charge is 1.34. The molecular weight excluding hydrogens is 50.0 g/mol. The number of nitrogens with zero attached hydrogens (tertiary/aromatic N) is 1. The monoisotopic (exact) mass is 54.0 g/mol. The highest BCUT2D eigenvalue weighted by atomic mass is 14.2. The number of hydrogen-bond donors (Lipinski definition) is 0. The Bertz CT molecular complexity index is 79.4. The van der Waals surface area contributed by atoms with E-state index in [0.29, 0.717) is 0 Å². The van der Waals surface area contributed by atoms with Crippen LogP contribution in [0.4, 0.5) is 0 Å². The minimum absolute atomic E-state index is 0.190. The lowest BCUT2D eigenvalue weighted by Gasteiger charge is -1.31. The van der Waals surface area contributed by atoms with Gasteiger partial charge in [-0.15, -0.1) is 0 Å². The predicted octanol–water partition coefficient (Wildman–Crippen LogP) is 0.696. The summed E-state index contributed by atoms with van der Waals surface area (Å²) in [5, 5.41) is 7.61. The molecule has 20 valence electrons. The maximum Gasteiger partial charge on any atom is 0.0905 e. The normalized spacial score (nSPS) is 7.25. The van der Waals surface area contributed by atoms with E-state index in [1.165, 1.54) is 6.07 Å². The van der Waals surface area contributed by atoms with Gasteiger partial charge < -0.3 is 0 Å². The van der Waals surface area contributed by atoms with Crippen LogP contribution < -0.4 is 0 Å². The van der Waals surface area contributed by atoms with Crippen molar-refractivity contribution in [2.75, 3.05) is 0 Å². The zero-order valence-electron chi connectivity index (χ0n) is 3.15. The molecule has 0 saturated heterocycles. The summed E-state index contributed by atoms with van der Waals surface area (Å²) in [6.45, 7) is 2.98. The van der Waals surface area contributed by atoms with Crippen molar-refractivity contribution in [3.05, 3.63) is 12.6 Å². The second-order valence-electron chi connectivity index (χ2n) is 0.289. The van der Waals surface area contributed by atoms with Gasteiger partial charge in [0.2, 0.25) is 0 Å². The Morgan fingerprint density at radius 1 is 2.50 bits per heavy atom. The van der Waals surface area contributed by atoms with Gasteiger partial charge in [-0.1, -0.05) is 6.58 Å². The van der Waals surface area contributed by atoms with Crippen LogP contribution in [0, 0.1) is 11.3 Å². The molecule has 0 unspecified atom stereocenters. The molecular formula is C3H3N. The summed E-state index contributed by atoms with van der Waals surface area (Å²) in [5.41, 5.74) is 0. The summed E-state index contributed by atoms with van der Waals surface area (Å²) < 4.78 is 6.27. The molecule has 0 spiro atoms. The molecule has 0 aliphatic rings. The van der Waals surface area contributed by atoms with Gasteiger partial charge in [-0.2, -0.15) is 5.26 Å². The molecule has 0 aromatic carbocycles. The topological polar surface area (TPSA) is 23.8 Å². The van der Waals surface area contributed by atoms with E-state index in [1.807, 2.05) is 0 Å². The molecule has 0 radical (unpaired) electrons. The Morgan fingerprint density at radius 3 is 2.75 bits per heavy atom. The third kappa shape index (κ3) is 1.23. The van der Waals surface area contributed by atoms with Crippen molar-refractivity contribution in [3.8, 4) is 6.07 Å². The number of rotatable bonds is 0. The first-order valence-electron chi connectivity index (χ1n) is 1.33. The van der Waals surface area contributed by atoms with Crippen molar-refractivity contribution in [1.82, 2.24) is 0 Å².